The summed E-state index contributed by atoms with van der Waals surface area (Å²) in [5, 5.41) is 7.54. The Labute approximate surface area is 93.5 Å². The Hall–Kier alpha value is -1.53. The summed E-state index contributed by atoms with van der Waals surface area (Å²) in [5.74, 6) is -0.501. The second-order valence-electron chi connectivity index (χ2n) is 2.95. The SMILES string of the molecule is COCCOCc1ccc(C(=O)OC)nn1. The molecule has 1 aromatic rings. The zero-order chi connectivity index (χ0) is 11.8. The molecule has 1 heterocycles. The summed E-state index contributed by atoms with van der Waals surface area (Å²) in [6.45, 7) is 1.38. The highest BCUT2D eigenvalue weighted by Gasteiger charge is 2.07. The van der Waals surface area contributed by atoms with Crippen molar-refractivity contribution < 1.29 is 19.0 Å². The topological polar surface area (TPSA) is 70.5 Å². The van der Waals surface area contributed by atoms with Crippen molar-refractivity contribution in [2.75, 3.05) is 27.4 Å². The zero-order valence-corrected chi connectivity index (χ0v) is 9.30. The molecule has 0 N–H and O–H groups in total. The van der Waals surface area contributed by atoms with Crippen LogP contribution in [0.1, 0.15) is 16.2 Å². The molecule has 0 aliphatic rings. The second kappa shape index (κ2) is 6.86. The van der Waals surface area contributed by atoms with Crippen molar-refractivity contribution in [3.05, 3.63) is 23.5 Å². The number of esters is 1. The summed E-state index contributed by atoms with van der Waals surface area (Å²) in [6, 6.07) is 3.22. The summed E-state index contributed by atoms with van der Waals surface area (Å²) in [6.07, 6.45) is 0. The molecule has 0 aliphatic carbocycles. The van der Waals surface area contributed by atoms with E-state index >= 15 is 0 Å². The van der Waals surface area contributed by atoms with Gasteiger partial charge in [-0.2, -0.15) is 5.10 Å². The molecule has 0 bridgehead atoms. The van der Waals surface area contributed by atoms with E-state index < -0.39 is 5.97 Å². The fraction of sp³-hybridized carbons (Fsp3) is 0.500. The minimum Gasteiger partial charge on any atom is -0.464 e. The van der Waals surface area contributed by atoms with E-state index in [1.165, 1.54) is 7.11 Å². The van der Waals surface area contributed by atoms with Crippen LogP contribution in [0.15, 0.2) is 12.1 Å². The molecule has 6 heteroatoms. The zero-order valence-electron chi connectivity index (χ0n) is 9.30. The lowest BCUT2D eigenvalue weighted by Gasteiger charge is -2.02. The van der Waals surface area contributed by atoms with Crippen molar-refractivity contribution in [3.8, 4) is 0 Å². The molecule has 0 saturated carbocycles. The number of carbonyl (C=O) groups excluding carboxylic acids is 1. The van der Waals surface area contributed by atoms with Crippen LogP contribution in [0, 0.1) is 0 Å². The summed E-state index contributed by atoms with van der Waals surface area (Å²) >= 11 is 0. The van der Waals surface area contributed by atoms with Gasteiger partial charge in [-0.15, -0.1) is 5.10 Å². The van der Waals surface area contributed by atoms with E-state index in [1.54, 1.807) is 19.2 Å². The smallest absolute Gasteiger partial charge is 0.358 e. The quantitative estimate of drug-likeness (QED) is 0.517. The monoisotopic (exact) mass is 226 g/mol. The van der Waals surface area contributed by atoms with Crippen LogP contribution in [-0.2, 0) is 20.8 Å². The molecule has 1 aromatic heterocycles. The first-order valence-corrected chi connectivity index (χ1v) is 4.75. The Morgan fingerprint density at radius 1 is 1.25 bits per heavy atom. The molecule has 0 amide bonds. The highest BCUT2D eigenvalue weighted by molar-refractivity contribution is 5.86. The van der Waals surface area contributed by atoms with E-state index in [-0.39, 0.29) is 5.69 Å². The van der Waals surface area contributed by atoms with Crippen LogP contribution in [0.25, 0.3) is 0 Å². The number of nitrogens with zero attached hydrogens (tertiary/aromatic N) is 2. The number of aromatic nitrogens is 2. The molecular weight excluding hydrogens is 212 g/mol. The van der Waals surface area contributed by atoms with Gasteiger partial charge in [0.2, 0.25) is 0 Å². The van der Waals surface area contributed by atoms with E-state index in [4.69, 9.17) is 9.47 Å². The van der Waals surface area contributed by atoms with Crippen molar-refractivity contribution >= 4 is 5.97 Å². The van der Waals surface area contributed by atoms with E-state index in [0.717, 1.165) is 0 Å². The van der Waals surface area contributed by atoms with Crippen LogP contribution in [0.2, 0.25) is 0 Å². The molecule has 6 nitrogen and oxygen atoms in total. The maximum absolute atomic E-state index is 11.1. The van der Waals surface area contributed by atoms with Crippen LogP contribution in [-0.4, -0.2) is 43.6 Å². The summed E-state index contributed by atoms with van der Waals surface area (Å²) < 4.78 is 14.6. The fourth-order valence-corrected chi connectivity index (χ4v) is 0.969. The number of hydrogen-bond acceptors (Lipinski definition) is 6. The molecule has 16 heavy (non-hydrogen) atoms. The lowest BCUT2D eigenvalue weighted by atomic mass is 10.3. The summed E-state index contributed by atoms with van der Waals surface area (Å²) in [4.78, 5) is 11.1. The van der Waals surface area contributed by atoms with Crippen LogP contribution in [0.5, 0.6) is 0 Å². The average Bonchev–Trinajstić information content (AvgIpc) is 2.34. The number of hydrogen-bond donors (Lipinski definition) is 0. The normalized spacial score (nSPS) is 10.1. The van der Waals surface area contributed by atoms with Crippen molar-refractivity contribution in [1.29, 1.82) is 0 Å². The Morgan fingerprint density at radius 3 is 2.62 bits per heavy atom. The Morgan fingerprint density at radius 2 is 2.06 bits per heavy atom. The first-order chi connectivity index (χ1) is 7.77. The molecule has 0 aliphatic heterocycles. The summed E-state index contributed by atoms with van der Waals surface area (Å²) in [7, 11) is 2.90. The Kier molecular flexibility index (Phi) is 5.38. The average molecular weight is 226 g/mol. The van der Waals surface area contributed by atoms with Gasteiger partial charge in [-0.25, -0.2) is 4.79 Å². The van der Waals surface area contributed by atoms with E-state index in [1.807, 2.05) is 0 Å². The third kappa shape index (κ3) is 3.92. The Balaban J connectivity index is 2.42. The van der Waals surface area contributed by atoms with Crippen molar-refractivity contribution in [2.45, 2.75) is 6.61 Å². The van der Waals surface area contributed by atoms with Gasteiger partial charge in [0, 0.05) is 7.11 Å². The number of methoxy groups -OCH3 is 2. The molecule has 0 atom stereocenters. The predicted octanol–water partition coefficient (Wildman–Crippen LogP) is 0.426. The van der Waals surface area contributed by atoms with Gasteiger partial charge in [0.15, 0.2) is 5.69 Å². The standard InChI is InChI=1S/C10H14N2O4/c1-14-5-6-16-7-8-3-4-9(12-11-8)10(13)15-2/h3-4H,5-7H2,1-2H3. The molecule has 0 fully saturated rings. The van der Waals surface area contributed by atoms with Crippen molar-refractivity contribution in [1.82, 2.24) is 10.2 Å². The van der Waals surface area contributed by atoms with E-state index in [2.05, 4.69) is 14.9 Å². The molecule has 0 spiro atoms. The maximum Gasteiger partial charge on any atom is 0.358 e. The van der Waals surface area contributed by atoms with Gasteiger partial charge >= 0.3 is 5.97 Å². The number of carbonyl (C=O) groups is 1. The lowest BCUT2D eigenvalue weighted by molar-refractivity contribution is 0.0579. The molecule has 0 radical (unpaired) electrons. The maximum atomic E-state index is 11.1. The molecule has 0 unspecified atom stereocenters. The minimum atomic E-state index is -0.501. The van der Waals surface area contributed by atoms with E-state index in [9.17, 15) is 4.79 Å². The molecule has 0 saturated heterocycles. The summed E-state index contributed by atoms with van der Waals surface area (Å²) in [5.41, 5.74) is 0.840. The molecular formula is C10H14N2O4. The lowest BCUT2D eigenvalue weighted by Crippen LogP contribution is -2.08. The largest absolute Gasteiger partial charge is 0.464 e. The first kappa shape index (κ1) is 12.5. The number of rotatable bonds is 6. The van der Waals surface area contributed by atoms with Crippen LogP contribution >= 0.6 is 0 Å². The van der Waals surface area contributed by atoms with Gasteiger partial charge in [0.05, 0.1) is 32.6 Å². The van der Waals surface area contributed by atoms with Gasteiger partial charge in [-0.3, -0.25) is 0 Å². The van der Waals surface area contributed by atoms with Gasteiger partial charge in [-0.1, -0.05) is 0 Å². The van der Waals surface area contributed by atoms with Gasteiger partial charge < -0.3 is 14.2 Å². The molecule has 0 aromatic carbocycles. The third-order valence-corrected chi connectivity index (χ3v) is 1.80. The van der Waals surface area contributed by atoms with Crippen LogP contribution in [0.4, 0.5) is 0 Å². The molecule has 1 rings (SSSR count). The molecule has 88 valence electrons. The van der Waals surface area contributed by atoms with E-state index in [0.29, 0.717) is 25.5 Å². The second-order valence-corrected chi connectivity index (χ2v) is 2.95. The predicted molar refractivity (Wildman–Crippen MR) is 54.9 cm³/mol. The van der Waals surface area contributed by atoms with Crippen molar-refractivity contribution in [2.24, 2.45) is 0 Å². The van der Waals surface area contributed by atoms with Crippen LogP contribution in [0.3, 0.4) is 0 Å². The fourth-order valence-electron chi connectivity index (χ4n) is 0.969. The first-order valence-electron chi connectivity index (χ1n) is 4.75. The Bertz CT molecular complexity index is 326. The van der Waals surface area contributed by atoms with Gasteiger partial charge in [-0.05, 0) is 12.1 Å². The highest BCUT2D eigenvalue weighted by Crippen LogP contribution is 1.99. The van der Waals surface area contributed by atoms with Gasteiger partial charge in [0.25, 0.3) is 0 Å². The highest BCUT2D eigenvalue weighted by atomic mass is 16.5. The van der Waals surface area contributed by atoms with Crippen molar-refractivity contribution in [3.63, 3.8) is 0 Å². The number of ether oxygens (including phenoxy) is 3. The minimum absolute atomic E-state index is 0.183. The third-order valence-electron chi connectivity index (χ3n) is 1.80. The van der Waals surface area contributed by atoms with Gasteiger partial charge in [0.1, 0.15) is 0 Å². The van der Waals surface area contributed by atoms with Crippen LogP contribution < -0.4 is 0 Å².